The topological polar surface area (TPSA) is 80.3 Å². The number of rotatable bonds is 5. The van der Waals surface area contributed by atoms with Gasteiger partial charge in [0.2, 0.25) is 0 Å². The molecular formula is C24H15F3N4O2. The van der Waals surface area contributed by atoms with Gasteiger partial charge in [0.25, 0.3) is 5.56 Å². The van der Waals surface area contributed by atoms with Crippen LogP contribution in [0.5, 0.6) is 5.75 Å². The number of halogens is 3. The largest absolute Gasteiger partial charge is 0.479 e. The summed E-state index contributed by atoms with van der Waals surface area (Å²) in [6, 6.07) is 19.6. The predicted molar refractivity (Wildman–Crippen MR) is 117 cm³/mol. The normalized spacial score (nSPS) is 11.6. The molecule has 0 saturated carbocycles. The summed E-state index contributed by atoms with van der Waals surface area (Å²) in [5.41, 5.74) is -0.397. The van der Waals surface area contributed by atoms with Gasteiger partial charge in [-0.05, 0) is 42.0 Å². The highest BCUT2D eigenvalue weighted by Gasteiger charge is 2.30. The minimum Gasteiger partial charge on any atom is -0.479 e. The molecule has 1 heterocycles. The lowest BCUT2D eigenvalue weighted by Crippen LogP contribution is -2.20. The number of para-hydroxylation sites is 1. The highest BCUT2D eigenvalue weighted by atomic mass is 19.4. The first-order chi connectivity index (χ1) is 15.9. The molecule has 0 fully saturated rings. The summed E-state index contributed by atoms with van der Waals surface area (Å²) in [5, 5.41) is 13.2. The van der Waals surface area contributed by atoms with Crippen LogP contribution in [0, 0.1) is 11.3 Å². The number of nitrogens with zero attached hydrogens (tertiary/aromatic N) is 4. The summed E-state index contributed by atoms with van der Waals surface area (Å²) < 4.78 is 46.0. The monoisotopic (exact) mass is 448 g/mol. The van der Waals surface area contributed by atoms with Crippen LogP contribution in [0.25, 0.3) is 22.3 Å². The third-order valence-electron chi connectivity index (χ3n) is 4.69. The van der Waals surface area contributed by atoms with E-state index in [4.69, 9.17) is 10.00 Å². The summed E-state index contributed by atoms with van der Waals surface area (Å²) >= 11 is 0. The van der Waals surface area contributed by atoms with Crippen molar-refractivity contribution in [2.45, 2.75) is 6.18 Å². The first-order valence-corrected chi connectivity index (χ1v) is 9.70. The second-order valence-electron chi connectivity index (χ2n) is 6.91. The summed E-state index contributed by atoms with van der Waals surface area (Å²) in [7, 11) is 0. The van der Waals surface area contributed by atoms with E-state index in [2.05, 4.69) is 10.1 Å². The highest BCUT2D eigenvalue weighted by Crippen LogP contribution is 2.31. The molecule has 0 N–H and O–H groups in total. The second kappa shape index (κ2) is 8.96. The van der Waals surface area contributed by atoms with E-state index in [9.17, 15) is 18.0 Å². The molecule has 0 aliphatic rings. The van der Waals surface area contributed by atoms with E-state index in [1.165, 1.54) is 18.3 Å². The fourth-order valence-corrected chi connectivity index (χ4v) is 3.18. The summed E-state index contributed by atoms with van der Waals surface area (Å²) in [4.78, 5) is 17.6. The standard InChI is InChI=1S/C24H15F3N4O2/c25-24(26,27)18-7-4-6-17(14-18)22-30-21-10-2-1-9-20(21)23(32)31(22)29-15-16-5-3-8-19(13-16)33-12-11-28/h1-10,13-15H,12H2. The number of nitriles is 1. The Labute approximate surface area is 185 Å². The predicted octanol–water partition coefficient (Wildman–Crippen LogP) is 4.87. The average Bonchev–Trinajstić information content (AvgIpc) is 2.82. The first kappa shape index (κ1) is 21.8. The van der Waals surface area contributed by atoms with Crippen LogP contribution in [-0.4, -0.2) is 22.5 Å². The van der Waals surface area contributed by atoms with Crippen LogP contribution >= 0.6 is 0 Å². The van der Waals surface area contributed by atoms with E-state index in [0.717, 1.165) is 16.8 Å². The molecule has 4 rings (SSSR count). The summed E-state index contributed by atoms with van der Waals surface area (Å²) in [6.07, 6.45) is -3.18. The minimum absolute atomic E-state index is 0.0297. The number of alkyl halides is 3. The van der Waals surface area contributed by atoms with Crippen LogP contribution in [0.4, 0.5) is 13.2 Å². The molecule has 4 aromatic rings. The lowest BCUT2D eigenvalue weighted by Gasteiger charge is -2.12. The Hall–Kier alpha value is -4.45. The van der Waals surface area contributed by atoms with Crippen molar-refractivity contribution in [1.82, 2.24) is 9.66 Å². The third-order valence-corrected chi connectivity index (χ3v) is 4.69. The molecule has 0 atom stereocenters. The van der Waals surface area contributed by atoms with Crippen molar-refractivity contribution in [3.05, 3.63) is 94.3 Å². The Balaban J connectivity index is 1.86. The fourth-order valence-electron chi connectivity index (χ4n) is 3.18. The van der Waals surface area contributed by atoms with Crippen LogP contribution in [0.3, 0.4) is 0 Å². The van der Waals surface area contributed by atoms with Gasteiger partial charge >= 0.3 is 6.18 Å². The van der Waals surface area contributed by atoms with Gasteiger partial charge in [0, 0.05) is 5.56 Å². The molecule has 0 aliphatic carbocycles. The van der Waals surface area contributed by atoms with Gasteiger partial charge in [-0.3, -0.25) is 4.79 Å². The van der Waals surface area contributed by atoms with E-state index in [0.29, 0.717) is 16.8 Å². The molecule has 0 bridgehead atoms. The molecule has 0 spiro atoms. The molecule has 0 radical (unpaired) electrons. The molecule has 33 heavy (non-hydrogen) atoms. The van der Waals surface area contributed by atoms with Crippen molar-refractivity contribution >= 4 is 17.1 Å². The van der Waals surface area contributed by atoms with Crippen molar-refractivity contribution < 1.29 is 17.9 Å². The number of hydrogen-bond acceptors (Lipinski definition) is 5. The smallest absolute Gasteiger partial charge is 0.416 e. The zero-order valence-corrected chi connectivity index (χ0v) is 17.0. The van der Waals surface area contributed by atoms with Gasteiger partial charge < -0.3 is 4.74 Å². The van der Waals surface area contributed by atoms with Gasteiger partial charge in [-0.15, -0.1) is 0 Å². The van der Waals surface area contributed by atoms with Crippen LogP contribution in [0.15, 0.2) is 82.7 Å². The van der Waals surface area contributed by atoms with E-state index < -0.39 is 17.3 Å². The number of ether oxygens (including phenoxy) is 1. The molecule has 0 saturated heterocycles. The van der Waals surface area contributed by atoms with Crippen LogP contribution in [0.2, 0.25) is 0 Å². The summed E-state index contributed by atoms with van der Waals surface area (Å²) in [6.45, 7) is -0.131. The number of hydrogen-bond donors (Lipinski definition) is 0. The molecule has 1 aromatic heterocycles. The number of aromatic nitrogens is 2. The second-order valence-corrected chi connectivity index (χ2v) is 6.91. The zero-order chi connectivity index (χ0) is 23.4. The van der Waals surface area contributed by atoms with E-state index >= 15 is 0 Å². The van der Waals surface area contributed by atoms with E-state index in [1.54, 1.807) is 48.5 Å². The molecule has 9 heteroatoms. The van der Waals surface area contributed by atoms with Crippen molar-refractivity contribution in [1.29, 1.82) is 5.26 Å². The Morgan fingerprint density at radius 1 is 1.06 bits per heavy atom. The lowest BCUT2D eigenvalue weighted by molar-refractivity contribution is -0.137. The first-order valence-electron chi connectivity index (χ1n) is 9.70. The number of fused-ring (bicyclic) bond motifs is 1. The Kier molecular flexibility index (Phi) is 5.91. The Morgan fingerprint density at radius 2 is 1.85 bits per heavy atom. The molecule has 6 nitrogen and oxygen atoms in total. The highest BCUT2D eigenvalue weighted by molar-refractivity contribution is 5.82. The van der Waals surface area contributed by atoms with Gasteiger partial charge in [-0.2, -0.15) is 28.2 Å². The maximum atomic E-state index is 13.3. The van der Waals surface area contributed by atoms with Gasteiger partial charge in [0.1, 0.15) is 11.8 Å². The van der Waals surface area contributed by atoms with Crippen molar-refractivity contribution in [3.8, 4) is 23.2 Å². The van der Waals surface area contributed by atoms with Gasteiger partial charge in [0.15, 0.2) is 12.4 Å². The molecule has 164 valence electrons. The summed E-state index contributed by atoms with van der Waals surface area (Å²) in [5.74, 6) is 0.403. The molecule has 3 aromatic carbocycles. The van der Waals surface area contributed by atoms with Gasteiger partial charge in [0.05, 0.1) is 22.7 Å². The molecular weight excluding hydrogens is 433 g/mol. The Morgan fingerprint density at radius 3 is 2.64 bits per heavy atom. The third kappa shape index (κ3) is 4.75. The van der Waals surface area contributed by atoms with Crippen molar-refractivity contribution in [2.75, 3.05) is 6.61 Å². The maximum absolute atomic E-state index is 13.3. The minimum atomic E-state index is -4.55. The molecule has 0 unspecified atom stereocenters. The molecule has 0 aliphatic heterocycles. The maximum Gasteiger partial charge on any atom is 0.416 e. The lowest BCUT2D eigenvalue weighted by atomic mass is 10.1. The van der Waals surface area contributed by atoms with Gasteiger partial charge in [-0.25, -0.2) is 4.98 Å². The number of benzene rings is 3. The van der Waals surface area contributed by atoms with Crippen molar-refractivity contribution in [2.24, 2.45) is 5.10 Å². The molecule has 0 amide bonds. The van der Waals surface area contributed by atoms with Crippen LogP contribution in [0.1, 0.15) is 11.1 Å². The van der Waals surface area contributed by atoms with E-state index in [1.807, 2.05) is 6.07 Å². The SMILES string of the molecule is N#CCOc1cccc(C=Nn2c(-c3cccc(C(F)(F)F)c3)nc3ccccc3c2=O)c1. The van der Waals surface area contributed by atoms with E-state index in [-0.39, 0.29) is 23.4 Å². The Bertz CT molecular complexity index is 1450. The quantitative estimate of drug-likeness (QED) is 0.408. The van der Waals surface area contributed by atoms with Crippen LogP contribution < -0.4 is 10.3 Å². The average molecular weight is 448 g/mol. The van der Waals surface area contributed by atoms with Crippen LogP contribution in [-0.2, 0) is 6.18 Å². The zero-order valence-electron chi connectivity index (χ0n) is 17.0. The van der Waals surface area contributed by atoms with Crippen molar-refractivity contribution in [3.63, 3.8) is 0 Å². The fraction of sp³-hybridized carbons (Fsp3) is 0.0833. The van der Waals surface area contributed by atoms with Gasteiger partial charge in [-0.1, -0.05) is 36.4 Å².